The zero-order valence-corrected chi connectivity index (χ0v) is 21.6. The monoisotopic (exact) mass is 544 g/mol. The van der Waals surface area contributed by atoms with Gasteiger partial charge in [0.05, 0.1) is 17.8 Å². The van der Waals surface area contributed by atoms with Gasteiger partial charge in [0.15, 0.2) is 0 Å². The Kier molecular flexibility index (Phi) is 7.82. The number of nitrogens with zero attached hydrogens (tertiary/aromatic N) is 2. The summed E-state index contributed by atoms with van der Waals surface area (Å²) in [7, 11) is -2.25. The molecule has 9 nitrogen and oxygen atoms in total. The molecular formula is C24H21ClN4O5S2. The number of methoxy groups -OCH3 is 1. The summed E-state index contributed by atoms with van der Waals surface area (Å²) in [6.07, 6.45) is 0. The van der Waals surface area contributed by atoms with E-state index in [4.69, 9.17) is 20.8 Å². The van der Waals surface area contributed by atoms with Crippen LogP contribution in [0.2, 0.25) is 5.02 Å². The van der Waals surface area contributed by atoms with Gasteiger partial charge in [-0.2, -0.15) is 0 Å². The Bertz CT molecular complexity index is 1470. The van der Waals surface area contributed by atoms with E-state index in [2.05, 4.69) is 20.2 Å². The van der Waals surface area contributed by atoms with Crippen molar-refractivity contribution in [1.29, 1.82) is 0 Å². The summed E-state index contributed by atoms with van der Waals surface area (Å²) >= 11 is 7.18. The smallest absolute Gasteiger partial charge is 0.277 e. The van der Waals surface area contributed by atoms with Crippen LogP contribution in [0.3, 0.4) is 0 Å². The minimum absolute atomic E-state index is 0.0691. The molecule has 1 aromatic heterocycles. The minimum atomic E-state index is -3.76. The first-order valence-electron chi connectivity index (χ1n) is 10.5. The Labute approximate surface area is 217 Å². The van der Waals surface area contributed by atoms with Crippen molar-refractivity contribution in [3.63, 3.8) is 0 Å². The number of thioether (sulfide) groups is 1. The van der Waals surface area contributed by atoms with Crippen molar-refractivity contribution in [3.05, 3.63) is 77.3 Å². The molecule has 4 rings (SSSR count). The third kappa shape index (κ3) is 6.17. The number of anilines is 2. The summed E-state index contributed by atoms with van der Waals surface area (Å²) in [6, 6.07) is 17.9. The predicted molar refractivity (Wildman–Crippen MR) is 139 cm³/mol. The number of nitrogens with one attached hydrogen (secondary N) is 2. The number of sulfonamides is 1. The standard InChI is InChI=1S/C24H21ClN4O5S2/c1-15-20(25)4-3-5-21(15)26-22(30)14-35-24-28-27-23(34-24)16-6-8-17(9-7-16)29-36(31,32)19-12-10-18(33-2)11-13-19/h3-13,29H,14H2,1-2H3,(H,26,30). The topological polar surface area (TPSA) is 123 Å². The molecule has 0 radical (unpaired) electrons. The van der Waals surface area contributed by atoms with E-state index in [0.717, 1.165) is 17.3 Å². The highest BCUT2D eigenvalue weighted by Gasteiger charge is 2.16. The van der Waals surface area contributed by atoms with Gasteiger partial charge in [0.1, 0.15) is 5.75 Å². The van der Waals surface area contributed by atoms with Crippen molar-refractivity contribution in [3.8, 4) is 17.2 Å². The lowest BCUT2D eigenvalue weighted by atomic mass is 10.2. The lowest BCUT2D eigenvalue weighted by Gasteiger charge is -2.09. The van der Waals surface area contributed by atoms with E-state index in [1.807, 2.05) is 6.92 Å². The number of aromatic nitrogens is 2. The molecule has 0 spiro atoms. The Morgan fingerprint density at radius 3 is 2.47 bits per heavy atom. The molecule has 12 heteroatoms. The maximum atomic E-state index is 12.6. The lowest BCUT2D eigenvalue weighted by Crippen LogP contribution is -2.14. The molecule has 1 amide bonds. The van der Waals surface area contributed by atoms with E-state index in [1.54, 1.807) is 54.6 Å². The Balaban J connectivity index is 1.35. The summed E-state index contributed by atoms with van der Waals surface area (Å²) < 4.78 is 38.4. The van der Waals surface area contributed by atoms with Gasteiger partial charge >= 0.3 is 0 Å². The summed E-state index contributed by atoms with van der Waals surface area (Å²) in [5, 5.41) is 11.6. The first kappa shape index (κ1) is 25.5. The first-order valence-corrected chi connectivity index (χ1v) is 13.4. The van der Waals surface area contributed by atoms with Gasteiger partial charge in [0.2, 0.25) is 11.8 Å². The van der Waals surface area contributed by atoms with Gasteiger partial charge in [-0.25, -0.2) is 8.42 Å². The van der Waals surface area contributed by atoms with Crippen LogP contribution >= 0.6 is 23.4 Å². The van der Waals surface area contributed by atoms with Crippen molar-refractivity contribution < 1.29 is 22.4 Å². The quantitative estimate of drug-likeness (QED) is 0.274. The Morgan fingerprint density at radius 2 is 1.78 bits per heavy atom. The number of rotatable bonds is 9. The van der Waals surface area contributed by atoms with Crippen LogP contribution in [0.1, 0.15) is 5.56 Å². The summed E-state index contributed by atoms with van der Waals surface area (Å²) in [4.78, 5) is 12.4. The molecule has 0 aliphatic heterocycles. The predicted octanol–water partition coefficient (Wildman–Crippen LogP) is 5.24. The SMILES string of the molecule is COc1ccc(S(=O)(=O)Nc2ccc(-c3nnc(SCC(=O)Nc4cccc(Cl)c4C)o3)cc2)cc1. The van der Waals surface area contributed by atoms with Gasteiger partial charge in [0.25, 0.3) is 15.2 Å². The molecule has 0 aliphatic rings. The van der Waals surface area contributed by atoms with Crippen molar-refractivity contribution in [2.75, 3.05) is 22.9 Å². The number of ether oxygens (including phenoxy) is 1. The largest absolute Gasteiger partial charge is 0.497 e. The molecule has 0 saturated carbocycles. The summed E-state index contributed by atoms with van der Waals surface area (Å²) in [6.45, 7) is 1.82. The third-order valence-electron chi connectivity index (χ3n) is 5.03. The number of hydrogen-bond acceptors (Lipinski definition) is 8. The summed E-state index contributed by atoms with van der Waals surface area (Å²) in [5.41, 5.74) is 2.40. The molecule has 36 heavy (non-hydrogen) atoms. The van der Waals surface area contributed by atoms with Crippen molar-refractivity contribution >= 4 is 50.7 Å². The molecule has 186 valence electrons. The molecule has 3 aromatic carbocycles. The molecule has 2 N–H and O–H groups in total. The first-order chi connectivity index (χ1) is 17.2. The Morgan fingerprint density at radius 1 is 1.06 bits per heavy atom. The van der Waals surface area contributed by atoms with Crippen LogP contribution < -0.4 is 14.8 Å². The molecule has 0 bridgehead atoms. The molecular weight excluding hydrogens is 524 g/mol. The average molecular weight is 545 g/mol. The van der Waals surface area contributed by atoms with Gasteiger partial charge in [0, 0.05) is 22.0 Å². The van der Waals surface area contributed by atoms with Crippen molar-refractivity contribution in [2.24, 2.45) is 0 Å². The number of halogens is 1. The fourth-order valence-corrected chi connectivity index (χ4v) is 4.89. The van der Waals surface area contributed by atoms with Crippen LogP contribution in [0.4, 0.5) is 11.4 Å². The van der Waals surface area contributed by atoms with Gasteiger partial charge < -0.3 is 14.5 Å². The number of benzene rings is 3. The van der Waals surface area contributed by atoms with Gasteiger partial charge in [-0.05, 0) is 73.2 Å². The fourth-order valence-electron chi connectivity index (χ4n) is 3.09. The third-order valence-corrected chi connectivity index (χ3v) is 7.65. The number of amides is 1. The molecule has 0 fully saturated rings. The van der Waals surface area contributed by atoms with Crippen LogP contribution in [0.5, 0.6) is 5.75 Å². The molecule has 1 heterocycles. The van der Waals surface area contributed by atoms with Crippen LogP contribution in [0, 0.1) is 6.92 Å². The van der Waals surface area contributed by atoms with E-state index in [1.165, 1.54) is 19.2 Å². The number of carbonyl (C=O) groups is 1. The molecule has 0 atom stereocenters. The zero-order chi connectivity index (χ0) is 25.7. The molecule has 0 saturated heterocycles. The van der Waals surface area contributed by atoms with Gasteiger partial charge in [-0.1, -0.05) is 29.4 Å². The normalized spacial score (nSPS) is 11.2. The number of hydrogen-bond donors (Lipinski definition) is 2. The second kappa shape index (κ2) is 11.0. The van der Waals surface area contributed by atoms with E-state index in [0.29, 0.717) is 27.7 Å². The molecule has 0 unspecified atom stereocenters. The van der Waals surface area contributed by atoms with E-state index < -0.39 is 10.0 Å². The van der Waals surface area contributed by atoms with Crippen LogP contribution in [0.15, 0.2) is 81.3 Å². The van der Waals surface area contributed by atoms with E-state index in [9.17, 15) is 13.2 Å². The zero-order valence-electron chi connectivity index (χ0n) is 19.2. The van der Waals surface area contributed by atoms with Crippen molar-refractivity contribution in [1.82, 2.24) is 10.2 Å². The summed E-state index contributed by atoms with van der Waals surface area (Å²) in [5.74, 6) is 0.638. The van der Waals surface area contributed by atoms with Crippen LogP contribution in [-0.4, -0.2) is 37.4 Å². The second-order valence-electron chi connectivity index (χ2n) is 7.48. The highest BCUT2D eigenvalue weighted by atomic mass is 35.5. The maximum absolute atomic E-state index is 12.6. The minimum Gasteiger partial charge on any atom is -0.497 e. The van der Waals surface area contributed by atoms with Crippen LogP contribution in [0.25, 0.3) is 11.5 Å². The highest BCUT2D eigenvalue weighted by molar-refractivity contribution is 7.99. The number of carbonyl (C=O) groups excluding carboxylic acids is 1. The van der Waals surface area contributed by atoms with E-state index in [-0.39, 0.29) is 27.7 Å². The van der Waals surface area contributed by atoms with Crippen LogP contribution in [-0.2, 0) is 14.8 Å². The molecule has 0 aliphatic carbocycles. The average Bonchev–Trinajstić information content (AvgIpc) is 3.35. The molecule has 4 aromatic rings. The van der Waals surface area contributed by atoms with Gasteiger partial charge in [-0.3, -0.25) is 9.52 Å². The van der Waals surface area contributed by atoms with Crippen molar-refractivity contribution in [2.45, 2.75) is 17.0 Å². The lowest BCUT2D eigenvalue weighted by molar-refractivity contribution is -0.113. The van der Waals surface area contributed by atoms with Gasteiger partial charge in [-0.15, -0.1) is 10.2 Å². The maximum Gasteiger partial charge on any atom is 0.277 e. The van der Waals surface area contributed by atoms with E-state index >= 15 is 0 Å². The second-order valence-corrected chi connectivity index (χ2v) is 10.5. The highest BCUT2D eigenvalue weighted by Crippen LogP contribution is 2.27. The Hall–Kier alpha value is -3.54. The fraction of sp³-hybridized carbons (Fsp3) is 0.125.